The Morgan fingerprint density at radius 1 is 0.814 bits per heavy atom. The number of carbonyl (C=O) groups is 7. The molecule has 15 nitrogen and oxygen atoms in total. The molecule has 1 heterocycles. The zero-order valence-corrected chi connectivity index (χ0v) is 37.2. The van der Waals surface area contributed by atoms with E-state index in [9.17, 15) is 38.7 Å². The van der Waals surface area contributed by atoms with Crippen LogP contribution in [0.5, 0.6) is 0 Å². The summed E-state index contributed by atoms with van der Waals surface area (Å²) in [6.07, 6.45) is 0.659. The van der Waals surface area contributed by atoms with Crippen LogP contribution in [0.3, 0.4) is 0 Å². The van der Waals surface area contributed by atoms with E-state index < -0.39 is 102 Å². The molecule has 15 heteroatoms. The fourth-order valence-electron chi connectivity index (χ4n) is 6.71. The van der Waals surface area contributed by atoms with Crippen LogP contribution in [0, 0.1) is 17.8 Å². The molecular formula is C44H69N5O10. The van der Waals surface area contributed by atoms with Gasteiger partial charge in [0.2, 0.25) is 23.6 Å². The predicted octanol–water partition coefficient (Wildman–Crippen LogP) is 3.41. The average molecular weight is 828 g/mol. The second-order valence-corrected chi connectivity index (χ2v) is 16.2. The monoisotopic (exact) mass is 828 g/mol. The lowest BCUT2D eigenvalue weighted by molar-refractivity contribution is -0.162. The van der Waals surface area contributed by atoms with Gasteiger partial charge in [-0.2, -0.15) is 0 Å². The van der Waals surface area contributed by atoms with E-state index in [1.165, 1.54) is 62.7 Å². The Morgan fingerprint density at radius 2 is 1.42 bits per heavy atom. The molecule has 0 fully saturated rings. The molecule has 1 aliphatic rings. The SMILES string of the molecule is CCC[C@@H](O)C(C)[C@@H]1C/C=C(\C)C(=O)O[C@H]([C@@H](C)CC)C(=O)N[C@@H](C)C(=O)N(C)[C@H](Cc2ccccc2)C(=O)N(C)CC(=O)N[C@@H]([C@@H](C)CC)C(=O)N(C)[C@@H](C)C(=O)O1. The average Bonchev–Trinajstić information content (AvgIpc) is 3.22. The van der Waals surface area contributed by atoms with E-state index in [1.54, 1.807) is 32.9 Å². The molecule has 0 saturated carbocycles. The molecule has 1 aromatic rings. The highest BCUT2D eigenvalue weighted by atomic mass is 16.6. The van der Waals surface area contributed by atoms with Crippen molar-refractivity contribution in [3.8, 4) is 0 Å². The molecule has 0 aliphatic carbocycles. The topological polar surface area (TPSA) is 192 Å². The summed E-state index contributed by atoms with van der Waals surface area (Å²) in [7, 11) is 4.31. The van der Waals surface area contributed by atoms with Crippen molar-refractivity contribution in [1.82, 2.24) is 25.3 Å². The number of likely N-dealkylation sites (N-methyl/N-ethyl adjacent to an activating group) is 3. The number of esters is 2. The van der Waals surface area contributed by atoms with Crippen LogP contribution < -0.4 is 10.6 Å². The number of cyclic esters (lactones) is 2. The lowest BCUT2D eigenvalue weighted by Crippen LogP contribution is -2.58. The molecule has 0 aromatic heterocycles. The van der Waals surface area contributed by atoms with E-state index in [-0.39, 0.29) is 24.3 Å². The molecule has 59 heavy (non-hydrogen) atoms. The zero-order chi connectivity index (χ0) is 44.7. The first-order valence-corrected chi connectivity index (χ1v) is 20.9. The van der Waals surface area contributed by atoms with Gasteiger partial charge in [-0.15, -0.1) is 0 Å². The Balaban J connectivity index is 2.68. The fourth-order valence-corrected chi connectivity index (χ4v) is 6.71. The van der Waals surface area contributed by atoms with Crippen molar-refractivity contribution in [3.05, 3.63) is 47.5 Å². The van der Waals surface area contributed by atoms with Crippen LogP contribution in [0.4, 0.5) is 0 Å². The minimum absolute atomic E-state index is 0.0129. The summed E-state index contributed by atoms with van der Waals surface area (Å²) >= 11 is 0. The number of aliphatic hydroxyl groups excluding tert-OH is 1. The number of rotatable bonds is 10. The van der Waals surface area contributed by atoms with Crippen molar-refractivity contribution in [3.63, 3.8) is 0 Å². The quantitative estimate of drug-likeness (QED) is 0.295. The first kappa shape index (κ1) is 50.4. The van der Waals surface area contributed by atoms with Crippen LogP contribution >= 0.6 is 0 Å². The van der Waals surface area contributed by atoms with Gasteiger partial charge in [-0.3, -0.25) is 24.0 Å². The fraction of sp³-hybridized carbons (Fsp3) is 0.659. The largest absolute Gasteiger partial charge is 0.460 e. The van der Waals surface area contributed by atoms with Crippen LogP contribution in [0.25, 0.3) is 0 Å². The molecule has 2 rings (SSSR count). The maximum absolute atomic E-state index is 14.2. The van der Waals surface area contributed by atoms with Crippen molar-refractivity contribution in [1.29, 1.82) is 0 Å². The first-order valence-electron chi connectivity index (χ1n) is 20.9. The number of aliphatic hydroxyl groups is 1. The Kier molecular flexibility index (Phi) is 20.2. The van der Waals surface area contributed by atoms with Crippen molar-refractivity contribution in [2.75, 3.05) is 27.7 Å². The van der Waals surface area contributed by atoms with Crippen molar-refractivity contribution < 1.29 is 48.1 Å². The Morgan fingerprint density at radius 3 is 2.00 bits per heavy atom. The Hall–Kier alpha value is -4.79. The molecule has 0 saturated heterocycles. The second-order valence-electron chi connectivity index (χ2n) is 16.2. The molecule has 5 amide bonds. The van der Waals surface area contributed by atoms with E-state index in [1.807, 2.05) is 39.0 Å². The number of amides is 5. The lowest BCUT2D eigenvalue weighted by Gasteiger charge is -2.34. The third kappa shape index (κ3) is 14.2. The molecule has 1 aromatic carbocycles. The van der Waals surface area contributed by atoms with Crippen LogP contribution in [0.15, 0.2) is 42.0 Å². The maximum atomic E-state index is 14.2. The summed E-state index contributed by atoms with van der Waals surface area (Å²) in [5, 5.41) is 16.4. The smallest absolute Gasteiger partial charge is 0.334 e. The van der Waals surface area contributed by atoms with E-state index in [4.69, 9.17) is 9.47 Å². The van der Waals surface area contributed by atoms with E-state index in [0.717, 1.165) is 5.56 Å². The van der Waals surface area contributed by atoms with E-state index in [0.29, 0.717) is 25.7 Å². The summed E-state index contributed by atoms with van der Waals surface area (Å²) in [6.45, 7) is 14.9. The predicted molar refractivity (Wildman–Crippen MR) is 223 cm³/mol. The van der Waals surface area contributed by atoms with Gasteiger partial charge < -0.3 is 39.9 Å². The Labute approximate surface area is 350 Å². The number of nitrogens with one attached hydrogen (secondary N) is 2. The lowest BCUT2D eigenvalue weighted by atomic mass is 9.92. The molecule has 330 valence electrons. The molecular weight excluding hydrogens is 759 g/mol. The standard InChI is InChI=1S/C44H69N5O10/c1-13-19-34(50)29(7)35-23-22-28(6)43(56)59-38(27(5)15-3)39(52)45-30(8)40(53)49(12)33(24-32-20-17-16-18-21-32)41(54)47(10)25-36(51)46-37(26(4)14-2)42(55)48(11)31(9)44(57)58-35/h16-18,20-22,26-27,29-31,33-35,37-38,50H,13-15,19,23-25H2,1-12H3,(H,45,52)(H,46,51)/b28-22+/t26-,27-,29?,30-,31-,33+,34+,35-,37-,38+/m0/s1. The van der Waals surface area contributed by atoms with Crippen LogP contribution in [0.2, 0.25) is 0 Å². The molecule has 0 radical (unpaired) electrons. The summed E-state index contributed by atoms with van der Waals surface area (Å²) in [5.74, 6) is -5.96. The molecule has 3 N–H and O–H groups in total. The van der Waals surface area contributed by atoms with Crippen LogP contribution in [-0.2, 0) is 49.5 Å². The molecule has 1 unspecified atom stereocenters. The Bertz CT molecular complexity index is 1640. The van der Waals surface area contributed by atoms with E-state index >= 15 is 0 Å². The highest BCUT2D eigenvalue weighted by molar-refractivity contribution is 5.96. The van der Waals surface area contributed by atoms with Gasteiger partial charge in [0, 0.05) is 51.4 Å². The normalized spacial score (nSPS) is 27.3. The zero-order valence-electron chi connectivity index (χ0n) is 37.2. The number of carbonyl (C=O) groups excluding carboxylic acids is 7. The molecule has 10 atom stereocenters. The number of ether oxygens (including phenoxy) is 2. The van der Waals surface area contributed by atoms with Crippen molar-refractivity contribution in [2.24, 2.45) is 17.8 Å². The van der Waals surface area contributed by atoms with Gasteiger partial charge in [-0.1, -0.05) is 90.8 Å². The van der Waals surface area contributed by atoms with Gasteiger partial charge in [-0.05, 0) is 45.1 Å². The van der Waals surface area contributed by atoms with Crippen molar-refractivity contribution >= 4 is 41.5 Å². The number of hydrogen-bond donors (Lipinski definition) is 3. The third-order valence-electron chi connectivity index (χ3n) is 11.6. The summed E-state index contributed by atoms with van der Waals surface area (Å²) in [4.78, 5) is 100. The molecule has 1 aliphatic heterocycles. The van der Waals surface area contributed by atoms with Crippen LogP contribution in [0.1, 0.15) is 100.0 Å². The van der Waals surface area contributed by atoms with Gasteiger partial charge in [0.1, 0.15) is 30.3 Å². The van der Waals surface area contributed by atoms with Gasteiger partial charge in [-0.25, -0.2) is 9.59 Å². The first-order chi connectivity index (χ1) is 27.7. The van der Waals surface area contributed by atoms with Crippen LogP contribution in [-0.4, -0.2) is 131 Å². The summed E-state index contributed by atoms with van der Waals surface area (Å²) < 4.78 is 11.7. The van der Waals surface area contributed by atoms with Gasteiger partial charge in [0.25, 0.3) is 5.91 Å². The molecule has 0 bridgehead atoms. The van der Waals surface area contributed by atoms with Gasteiger partial charge in [0.05, 0.1) is 12.6 Å². The minimum atomic E-state index is -1.28. The summed E-state index contributed by atoms with van der Waals surface area (Å²) in [6, 6.07) is 4.62. The van der Waals surface area contributed by atoms with Gasteiger partial charge >= 0.3 is 11.9 Å². The maximum Gasteiger partial charge on any atom is 0.334 e. The summed E-state index contributed by atoms with van der Waals surface area (Å²) in [5.41, 5.74) is 0.873. The highest BCUT2D eigenvalue weighted by Crippen LogP contribution is 2.23. The molecule has 0 spiro atoms. The minimum Gasteiger partial charge on any atom is -0.460 e. The number of benzene rings is 1. The van der Waals surface area contributed by atoms with E-state index in [2.05, 4.69) is 10.6 Å². The third-order valence-corrected chi connectivity index (χ3v) is 11.6. The second kappa shape index (κ2) is 23.7. The number of nitrogens with zero attached hydrogens (tertiary/aromatic N) is 3. The number of hydrogen-bond acceptors (Lipinski definition) is 10. The highest BCUT2D eigenvalue weighted by Gasteiger charge is 2.38. The van der Waals surface area contributed by atoms with Crippen molar-refractivity contribution in [2.45, 2.75) is 143 Å². The van der Waals surface area contributed by atoms with Gasteiger partial charge in [0.15, 0.2) is 6.10 Å².